The molecule has 0 saturated heterocycles. The highest BCUT2D eigenvalue weighted by Crippen LogP contribution is 2.30. The van der Waals surface area contributed by atoms with Gasteiger partial charge in [-0.05, 0) is 49.9 Å². The van der Waals surface area contributed by atoms with E-state index in [1.807, 2.05) is 62.4 Å². The van der Waals surface area contributed by atoms with Crippen molar-refractivity contribution in [3.8, 4) is 0 Å². The number of aromatic nitrogens is 2. The molecule has 1 aliphatic rings. The first-order chi connectivity index (χ1) is 16.7. The number of carbonyl (C=O) groups is 3. The maximum Gasteiger partial charge on any atom is 0.358 e. The molecule has 0 aliphatic carbocycles. The second-order valence-corrected chi connectivity index (χ2v) is 8.99. The van der Waals surface area contributed by atoms with Gasteiger partial charge in [0.15, 0.2) is 5.69 Å². The number of amides is 2. The molecule has 2 heterocycles. The van der Waals surface area contributed by atoms with Gasteiger partial charge in [-0.2, -0.15) is 5.10 Å². The number of esters is 1. The van der Waals surface area contributed by atoms with Crippen LogP contribution < -0.4 is 5.32 Å². The van der Waals surface area contributed by atoms with Crippen LogP contribution in [0.15, 0.2) is 54.6 Å². The summed E-state index contributed by atoms with van der Waals surface area (Å²) in [6.07, 6.45) is 0. The van der Waals surface area contributed by atoms with Gasteiger partial charge in [-0.1, -0.05) is 48.5 Å². The molecule has 8 heteroatoms. The average molecular weight is 475 g/mol. The zero-order valence-corrected chi connectivity index (χ0v) is 20.5. The van der Waals surface area contributed by atoms with Crippen molar-refractivity contribution in [1.29, 1.82) is 0 Å². The molecule has 0 saturated carbocycles. The lowest BCUT2D eigenvalue weighted by Crippen LogP contribution is -2.63. The zero-order valence-electron chi connectivity index (χ0n) is 20.5. The lowest BCUT2D eigenvalue weighted by Gasteiger charge is -2.43. The average Bonchev–Trinajstić information content (AvgIpc) is 3.27. The summed E-state index contributed by atoms with van der Waals surface area (Å²) >= 11 is 0. The van der Waals surface area contributed by atoms with E-state index in [0.717, 1.165) is 22.3 Å². The smallest absolute Gasteiger partial charge is 0.358 e. The minimum absolute atomic E-state index is 0.0517. The largest absolute Gasteiger partial charge is 0.461 e. The van der Waals surface area contributed by atoms with Crippen molar-refractivity contribution in [2.75, 3.05) is 6.61 Å². The molecule has 3 aromatic rings. The zero-order chi connectivity index (χ0) is 25.2. The predicted molar refractivity (Wildman–Crippen MR) is 131 cm³/mol. The molecule has 0 unspecified atom stereocenters. The van der Waals surface area contributed by atoms with E-state index in [2.05, 4.69) is 10.4 Å². The Morgan fingerprint density at radius 2 is 1.86 bits per heavy atom. The lowest BCUT2D eigenvalue weighted by atomic mass is 9.93. The minimum Gasteiger partial charge on any atom is -0.461 e. The van der Waals surface area contributed by atoms with Crippen molar-refractivity contribution in [1.82, 2.24) is 20.0 Å². The Bertz CT molecular complexity index is 1270. The Morgan fingerprint density at radius 3 is 2.57 bits per heavy atom. The number of fused-ring (bicyclic) bond motifs is 1. The van der Waals surface area contributed by atoms with E-state index >= 15 is 0 Å². The molecule has 0 bridgehead atoms. The number of rotatable bonds is 7. The third kappa shape index (κ3) is 4.69. The van der Waals surface area contributed by atoms with Gasteiger partial charge in [0, 0.05) is 19.2 Å². The molecule has 2 amide bonds. The predicted octanol–water partition coefficient (Wildman–Crippen LogP) is 3.41. The molecule has 0 fully saturated rings. The fraction of sp³-hybridized carbons (Fsp3) is 0.333. The molecule has 1 aliphatic heterocycles. The Hall–Kier alpha value is -3.94. The fourth-order valence-corrected chi connectivity index (χ4v) is 4.32. The van der Waals surface area contributed by atoms with Gasteiger partial charge < -0.3 is 15.0 Å². The van der Waals surface area contributed by atoms with E-state index in [0.29, 0.717) is 6.54 Å². The first-order valence-corrected chi connectivity index (χ1v) is 11.7. The number of carbonyl (C=O) groups excluding carboxylic acids is 3. The molecular weight excluding hydrogens is 444 g/mol. The van der Waals surface area contributed by atoms with Crippen molar-refractivity contribution >= 4 is 17.8 Å². The van der Waals surface area contributed by atoms with Crippen molar-refractivity contribution in [3.63, 3.8) is 0 Å². The van der Waals surface area contributed by atoms with Crippen LogP contribution in [-0.2, 0) is 29.2 Å². The molecule has 2 aromatic carbocycles. The maximum atomic E-state index is 13.7. The van der Waals surface area contributed by atoms with Crippen LogP contribution in [0.25, 0.3) is 0 Å². The number of hydrogen-bond acceptors (Lipinski definition) is 5. The molecule has 0 radical (unpaired) electrons. The van der Waals surface area contributed by atoms with Gasteiger partial charge in [0.25, 0.3) is 5.91 Å². The maximum absolute atomic E-state index is 13.7. The summed E-state index contributed by atoms with van der Waals surface area (Å²) in [5.74, 6) is -1.25. The van der Waals surface area contributed by atoms with Gasteiger partial charge >= 0.3 is 5.97 Å². The summed E-state index contributed by atoms with van der Waals surface area (Å²) in [6.45, 7) is 8.37. The van der Waals surface area contributed by atoms with Crippen LogP contribution in [0.3, 0.4) is 0 Å². The number of nitrogens with zero attached hydrogens (tertiary/aromatic N) is 3. The van der Waals surface area contributed by atoms with Crippen LogP contribution in [0.5, 0.6) is 0 Å². The molecule has 0 spiro atoms. The third-order valence-corrected chi connectivity index (χ3v) is 6.61. The fourth-order valence-electron chi connectivity index (χ4n) is 4.32. The van der Waals surface area contributed by atoms with Gasteiger partial charge in [0.1, 0.15) is 11.2 Å². The monoisotopic (exact) mass is 474 g/mol. The van der Waals surface area contributed by atoms with Crippen molar-refractivity contribution in [2.24, 2.45) is 0 Å². The standard InChI is InChI=1S/C27H30N4O4/c1-5-35-25(33)22-14-23-24(32)30(16-21-13-9-10-18(2)19(21)3)27(4,17-31(23)29-22)26(34)28-15-20-11-7-6-8-12-20/h6-14H,5,15-17H2,1-4H3,(H,28,34)/t27-/m1/s1. The number of nitrogens with one attached hydrogen (secondary N) is 1. The summed E-state index contributed by atoms with van der Waals surface area (Å²) in [6, 6.07) is 17.0. The lowest BCUT2D eigenvalue weighted by molar-refractivity contribution is -0.133. The highest BCUT2D eigenvalue weighted by atomic mass is 16.5. The molecule has 1 aromatic heterocycles. The number of ether oxygens (including phenoxy) is 1. The van der Waals surface area contributed by atoms with E-state index in [9.17, 15) is 14.4 Å². The van der Waals surface area contributed by atoms with Crippen molar-refractivity contribution in [2.45, 2.75) is 52.9 Å². The van der Waals surface area contributed by atoms with Crippen LogP contribution in [0.4, 0.5) is 0 Å². The second kappa shape index (κ2) is 9.74. The Morgan fingerprint density at radius 1 is 1.11 bits per heavy atom. The SMILES string of the molecule is CCOC(=O)c1cc2n(n1)C[C@](C)(C(=O)NCc1ccccc1)N(Cc1cccc(C)c1C)C2=O. The Labute approximate surface area is 204 Å². The molecule has 182 valence electrons. The molecule has 4 rings (SSSR count). The normalized spacial score (nSPS) is 17.1. The Kier molecular flexibility index (Phi) is 6.73. The highest BCUT2D eigenvalue weighted by molar-refractivity contribution is 6.01. The van der Waals surface area contributed by atoms with Crippen LogP contribution in [0, 0.1) is 13.8 Å². The first-order valence-electron chi connectivity index (χ1n) is 11.7. The second-order valence-electron chi connectivity index (χ2n) is 8.99. The van der Waals surface area contributed by atoms with Gasteiger partial charge in [-0.3, -0.25) is 14.3 Å². The summed E-state index contributed by atoms with van der Waals surface area (Å²) in [7, 11) is 0. The van der Waals surface area contributed by atoms with Crippen LogP contribution in [0.1, 0.15) is 57.1 Å². The first kappa shape index (κ1) is 24.2. The van der Waals surface area contributed by atoms with Crippen LogP contribution in [-0.4, -0.2) is 44.6 Å². The van der Waals surface area contributed by atoms with E-state index in [1.54, 1.807) is 18.7 Å². The van der Waals surface area contributed by atoms with Crippen molar-refractivity contribution in [3.05, 3.63) is 88.2 Å². The highest BCUT2D eigenvalue weighted by Gasteiger charge is 2.48. The van der Waals surface area contributed by atoms with Gasteiger partial charge in [0.05, 0.1) is 13.2 Å². The quantitative estimate of drug-likeness (QED) is 0.530. The third-order valence-electron chi connectivity index (χ3n) is 6.61. The van der Waals surface area contributed by atoms with E-state index in [-0.39, 0.29) is 42.9 Å². The molecule has 1 atom stereocenters. The molecule has 1 N–H and O–H groups in total. The van der Waals surface area contributed by atoms with E-state index in [1.165, 1.54) is 10.7 Å². The Balaban J connectivity index is 1.70. The van der Waals surface area contributed by atoms with Crippen molar-refractivity contribution < 1.29 is 19.1 Å². The number of hydrogen-bond donors (Lipinski definition) is 1. The van der Waals surface area contributed by atoms with Gasteiger partial charge in [-0.15, -0.1) is 0 Å². The summed E-state index contributed by atoms with van der Waals surface area (Å²) in [5.41, 5.74) is 3.17. The van der Waals surface area contributed by atoms with Gasteiger partial charge in [0.2, 0.25) is 5.91 Å². The minimum atomic E-state index is -1.23. The molecule has 35 heavy (non-hydrogen) atoms. The number of benzene rings is 2. The van der Waals surface area contributed by atoms with Crippen LogP contribution >= 0.6 is 0 Å². The molecule has 8 nitrogen and oxygen atoms in total. The number of aryl methyl sites for hydroxylation is 1. The summed E-state index contributed by atoms with van der Waals surface area (Å²) in [5, 5.41) is 7.29. The summed E-state index contributed by atoms with van der Waals surface area (Å²) < 4.78 is 6.50. The van der Waals surface area contributed by atoms with E-state index < -0.39 is 11.5 Å². The van der Waals surface area contributed by atoms with Crippen LogP contribution in [0.2, 0.25) is 0 Å². The van der Waals surface area contributed by atoms with Gasteiger partial charge in [-0.25, -0.2) is 4.79 Å². The molecular formula is C27H30N4O4. The summed E-state index contributed by atoms with van der Waals surface area (Å²) in [4.78, 5) is 41.2. The van der Waals surface area contributed by atoms with E-state index in [4.69, 9.17) is 4.74 Å². The topological polar surface area (TPSA) is 93.5 Å².